The molecular formula is C24H24FN3O4S. The summed E-state index contributed by atoms with van der Waals surface area (Å²) in [4.78, 5) is 33.6. The van der Waals surface area contributed by atoms with E-state index in [1.165, 1.54) is 23.5 Å². The highest BCUT2D eigenvalue weighted by molar-refractivity contribution is 7.20. The summed E-state index contributed by atoms with van der Waals surface area (Å²) >= 11 is 1.33. The van der Waals surface area contributed by atoms with Gasteiger partial charge in [0.25, 0.3) is 5.19 Å². The largest absolute Gasteiger partial charge is 0.497 e. The second-order valence-electron chi connectivity index (χ2n) is 8.34. The molecule has 2 amide bonds. The highest BCUT2D eigenvalue weighted by Crippen LogP contribution is 2.31. The standard InChI is InChI=1S/C24H24FN3O4S/c1-31-18-5-3-17(4-6-18)28-14-15(12-22(28)29)23(30)27-10-8-19(9-11-27)32-24-26-20-7-2-16(25)13-21(20)33-24/h2-7,13,15,19H,8-12,14H2,1H3. The van der Waals surface area contributed by atoms with Crippen molar-refractivity contribution in [2.24, 2.45) is 5.92 Å². The Labute approximate surface area is 194 Å². The van der Waals surface area contributed by atoms with Crippen LogP contribution in [-0.4, -0.2) is 54.5 Å². The molecule has 0 spiro atoms. The fourth-order valence-corrected chi connectivity index (χ4v) is 5.31. The highest BCUT2D eigenvalue weighted by atomic mass is 32.1. The Balaban J connectivity index is 1.16. The smallest absolute Gasteiger partial charge is 0.274 e. The van der Waals surface area contributed by atoms with Gasteiger partial charge in [0.1, 0.15) is 17.7 Å². The number of likely N-dealkylation sites (tertiary alicyclic amines) is 1. The van der Waals surface area contributed by atoms with Crippen LogP contribution in [0.25, 0.3) is 10.2 Å². The molecule has 1 atom stereocenters. The third-order valence-electron chi connectivity index (χ3n) is 6.21. The predicted octanol–water partition coefficient (Wildman–Crippen LogP) is 3.87. The summed E-state index contributed by atoms with van der Waals surface area (Å²) in [6.45, 7) is 1.55. The molecule has 172 valence electrons. The summed E-state index contributed by atoms with van der Waals surface area (Å²) in [5, 5.41) is 0.525. The van der Waals surface area contributed by atoms with Crippen LogP contribution in [-0.2, 0) is 9.59 Å². The number of piperidine rings is 1. The van der Waals surface area contributed by atoms with E-state index in [2.05, 4.69) is 4.98 Å². The Hall–Kier alpha value is -3.20. The molecule has 0 radical (unpaired) electrons. The summed E-state index contributed by atoms with van der Waals surface area (Å²) in [7, 11) is 1.60. The zero-order valence-corrected chi connectivity index (χ0v) is 19.0. The number of carbonyl (C=O) groups excluding carboxylic acids is 2. The van der Waals surface area contributed by atoms with Crippen molar-refractivity contribution in [2.75, 3.05) is 31.6 Å². The number of amides is 2. The van der Waals surface area contributed by atoms with Crippen molar-refractivity contribution in [3.63, 3.8) is 0 Å². The first-order chi connectivity index (χ1) is 16.0. The minimum absolute atomic E-state index is 0.0215. The van der Waals surface area contributed by atoms with Gasteiger partial charge in [0.2, 0.25) is 11.8 Å². The number of halogens is 1. The minimum atomic E-state index is -0.337. The normalized spacial score (nSPS) is 19.3. The van der Waals surface area contributed by atoms with Gasteiger partial charge in [0.05, 0.1) is 23.2 Å². The summed E-state index contributed by atoms with van der Waals surface area (Å²) in [5.74, 6) is 0.0788. The minimum Gasteiger partial charge on any atom is -0.497 e. The predicted molar refractivity (Wildman–Crippen MR) is 123 cm³/mol. The Morgan fingerprint density at radius 2 is 1.91 bits per heavy atom. The Kier molecular flexibility index (Phi) is 5.88. The number of aromatic nitrogens is 1. The van der Waals surface area contributed by atoms with E-state index >= 15 is 0 Å². The van der Waals surface area contributed by atoms with Gasteiger partial charge in [-0.2, -0.15) is 0 Å². The van der Waals surface area contributed by atoms with Gasteiger partial charge in [-0.15, -0.1) is 0 Å². The van der Waals surface area contributed by atoms with Crippen LogP contribution in [0.4, 0.5) is 10.1 Å². The highest BCUT2D eigenvalue weighted by Gasteiger charge is 2.38. The summed E-state index contributed by atoms with van der Waals surface area (Å²) in [6.07, 6.45) is 1.57. The van der Waals surface area contributed by atoms with Gasteiger partial charge in [-0.05, 0) is 42.5 Å². The molecule has 0 bridgehead atoms. The Morgan fingerprint density at radius 1 is 1.15 bits per heavy atom. The summed E-state index contributed by atoms with van der Waals surface area (Å²) in [6, 6.07) is 11.8. The van der Waals surface area contributed by atoms with Crippen molar-refractivity contribution in [2.45, 2.75) is 25.4 Å². The van der Waals surface area contributed by atoms with Crippen molar-refractivity contribution in [1.29, 1.82) is 0 Å². The number of benzene rings is 2. The quantitative estimate of drug-likeness (QED) is 0.567. The third kappa shape index (κ3) is 4.50. The molecule has 2 aromatic carbocycles. The van der Waals surface area contributed by atoms with Crippen LogP contribution in [0, 0.1) is 11.7 Å². The average Bonchev–Trinajstić information content (AvgIpc) is 3.41. The molecular weight excluding hydrogens is 445 g/mol. The van der Waals surface area contributed by atoms with Crippen LogP contribution >= 0.6 is 11.3 Å². The number of carbonyl (C=O) groups is 2. The zero-order chi connectivity index (χ0) is 22.9. The van der Waals surface area contributed by atoms with Gasteiger partial charge in [-0.25, -0.2) is 9.37 Å². The van der Waals surface area contributed by atoms with Crippen molar-refractivity contribution in [3.8, 4) is 10.9 Å². The van der Waals surface area contributed by atoms with Crippen molar-refractivity contribution >= 4 is 39.1 Å². The van der Waals surface area contributed by atoms with E-state index in [1.54, 1.807) is 18.1 Å². The lowest BCUT2D eigenvalue weighted by atomic mass is 10.0. The van der Waals surface area contributed by atoms with Gasteiger partial charge in [-0.1, -0.05) is 11.3 Å². The lowest BCUT2D eigenvalue weighted by molar-refractivity contribution is -0.137. The molecule has 0 N–H and O–H groups in total. The fraction of sp³-hybridized carbons (Fsp3) is 0.375. The van der Waals surface area contributed by atoms with Crippen LogP contribution in [0.1, 0.15) is 19.3 Å². The van der Waals surface area contributed by atoms with Crippen molar-refractivity contribution in [1.82, 2.24) is 9.88 Å². The summed E-state index contributed by atoms with van der Waals surface area (Å²) in [5.41, 5.74) is 1.50. The lowest BCUT2D eigenvalue weighted by Crippen LogP contribution is -2.44. The van der Waals surface area contributed by atoms with E-state index in [1.807, 2.05) is 29.2 Å². The number of hydrogen-bond donors (Lipinski definition) is 0. The molecule has 2 aliphatic rings. The molecule has 33 heavy (non-hydrogen) atoms. The maximum Gasteiger partial charge on any atom is 0.274 e. The second-order valence-corrected chi connectivity index (χ2v) is 9.33. The molecule has 1 aromatic heterocycles. The number of ether oxygens (including phenoxy) is 2. The van der Waals surface area contributed by atoms with Crippen LogP contribution in [0.5, 0.6) is 10.9 Å². The van der Waals surface area contributed by atoms with Gasteiger partial charge in [0.15, 0.2) is 0 Å². The Bertz CT molecular complexity index is 1170. The number of anilines is 1. The van der Waals surface area contributed by atoms with Crippen molar-refractivity contribution < 1.29 is 23.5 Å². The molecule has 2 aliphatic heterocycles. The van der Waals surface area contributed by atoms with E-state index in [9.17, 15) is 14.0 Å². The summed E-state index contributed by atoms with van der Waals surface area (Å²) < 4.78 is 25.3. The number of fused-ring (bicyclic) bond motifs is 1. The first-order valence-corrected chi connectivity index (χ1v) is 11.8. The molecule has 1 unspecified atom stereocenters. The molecule has 0 aliphatic carbocycles. The molecule has 9 heteroatoms. The SMILES string of the molecule is COc1ccc(N2CC(C(=O)N3CCC(Oc4nc5ccc(F)cc5s4)CC3)CC2=O)cc1. The van der Waals surface area contributed by atoms with Gasteiger partial charge in [-0.3, -0.25) is 9.59 Å². The first kappa shape index (κ1) is 21.6. The van der Waals surface area contributed by atoms with E-state index in [-0.39, 0.29) is 36.1 Å². The maximum absolute atomic E-state index is 13.4. The molecule has 2 fully saturated rings. The van der Waals surface area contributed by atoms with Crippen molar-refractivity contribution in [3.05, 3.63) is 48.3 Å². The molecule has 3 heterocycles. The molecule has 2 saturated heterocycles. The molecule has 3 aromatic rings. The van der Waals surface area contributed by atoms with E-state index in [4.69, 9.17) is 9.47 Å². The molecule has 5 rings (SSSR count). The topological polar surface area (TPSA) is 72.0 Å². The van der Waals surface area contributed by atoms with Crippen LogP contribution < -0.4 is 14.4 Å². The van der Waals surface area contributed by atoms with Crippen LogP contribution in [0.3, 0.4) is 0 Å². The van der Waals surface area contributed by atoms with Gasteiger partial charge < -0.3 is 19.3 Å². The number of thiazole rings is 1. The fourth-order valence-electron chi connectivity index (χ4n) is 4.41. The maximum atomic E-state index is 13.4. The number of nitrogens with zero attached hydrogens (tertiary/aromatic N) is 3. The number of hydrogen-bond acceptors (Lipinski definition) is 6. The zero-order valence-electron chi connectivity index (χ0n) is 18.2. The van der Waals surface area contributed by atoms with Crippen LogP contribution in [0.2, 0.25) is 0 Å². The third-order valence-corrected chi connectivity index (χ3v) is 7.12. The lowest BCUT2D eigenvalue weighted by Gasteiger charge is -2.33. The van der Waals surface area contributed by atoms with E-state index in [0.29, 0.717) is 37.7 Å². The Morgan fingerprint density at radius 3 is 2.64 bits per heavy atom. The molecule has 7 nitrogen and oxygen atoms in total. The molecule has 0 saturated carbocycles. The number of rotatable bonds is 5. The van der Waals surface area contributed by atoms with E-state index < -0.39 is 0 Å². The number of methoxy groups -OCH3 is 1. The average molecular weight is 470 g/mol. The first-order valence-electron chi connectivity index (χ1n) is 11.0. The monoisotopic (exact) mass is 469 g/mol. The second kappa shape index (κ2) is 8.97. The van der Waals surface area contributed by atoms with E-state index in [0.717, 1.165) is 21.7 Å². The van der Waals surface area contributed by atoms with Gasteiger partial charge in [0, 0.05) is 44.6 Å². The van der Waals surface area contributed by atoms with Gasteiger partial charge >= 0.3 is 0 Å². The van der Waals surface area contributed by atoms with Crippen LogP contribution in [0.15, 0.2) is 42.5 Å².